The lowest BCUT2D eigenvalue weighted by Crippen LogP contribution is -2.45. The molecule has 0 saturated carbocycles. The average Bonchev–Trinajstić information content (AvgIpc) is 2.60. The maximum absolute atomic E-state index is 13.4. The molecule has 128 valence electrons. The molecule has 0 radical (unpaired) electrons. The lowest BCUT2D eigenvalue weighted by Gasteiger charge is -2.36. The fourth-order valence-corrected chi connectivity index (χ4v) is 3.57. The Hall–Kier alpha value is -1.43. The Bertz CT molecular complexity index is 672. The van der Waals surface area contributed by atoms with Gasteiger partial charge < -0.3 is 10.1 Å². The molecule has 1 aliphatic heterocycles. The molecule has 0 aliphatic carbocycles. The van der Waals surface area contributed by atoms with Gasteiger partial charge in [0.1, 0.15) is 11.6 Å². The summed E-state index contributed by atoms with van der Waals surface area (Å²) in [5.74, 6) is 0.672. The predicted octanol–water partition coefficient (Wildman–Crippen LogP) is 3.98. The van der Waals surface area contributed by atoms with Crippen molar-refractivity contribution in [1.82, 2.24) is 10.2 Å². The molecule has 2 aromatic carbocycles. The van der Waals surface area contributed by atoms with Crippen LogP contribution in [0.15, 0.2) is 46.9 Å². The summed E-state index contributed by atoms with van der Waals surface area (Å²) in [7, 11) is 0. The van der Waals surface area contributed by atoms with E-state index in [0.717, 1.165) is 47.5 Å². The van der Waals surface area contributed by atoms with Crippen LogP contribution in [0.25, 0.3) is 0 Å². The van der Waals surface area contributed by atoms with Crippen LogP contribution >= 0.6 is 15.9 Å². The number of hydrogen-bond donors (Lipinski definition) is 1. The SMILES string of the molecule is CCOc1ccc(Br)cc1C(c1ccc(F)cc1)N1CCNCC1. The molecule has 3 rings (SSSR count). The molecule has 24 heavy (non-hydrogen) atoms. The normalized spacial score (nSPS) is 16.8. The first-order valence-electron chi connectivity index (χ1n) is 8.31. The Morgan fingerprint density at radius 1 is 1.17 bits per heavy atom. The van der Waals surface area contributed by atoms with Gasteiger partial charge in [-0.05, 0) is 42.8 Å². The standard InChI is InChI=1S/C19H22BrFN2O/c1-2-24-18-8-5-15(20)13-17(18)19(23-11-9-22-10-12-23)14-3-6-16(21)7-4-14/h3-8,13,19,22H,2,9-12H2,1H3. The molecule has 0 amide bonds. The van der Waals surface area contributed by atoms with Crippen molar-refractivity contribution in [2.45, 2.75) is 13.0 Å². The zero-order valence-corrected chi connectivity index (χ0v) is 15.4. The van der Waals surface area contributed by atoms with E-state index in [2.05, 4.69) is 32.2 Å². The van der Waals surface area contributed by atoms with E-state index in [-0.39, 0.29) is 11.9 Å². The maximum Gasteiger partial charge on any atom is 0.124 e. The number of piperazine rings is 1. The van der Waals surface area contributed by atoms with Gasteiger partial charge >= 0.3 is 0 Å². The van der Waals surface area contributed by atoms with Crippen LogP contribution in [0.1, 0.15) is 24.1 Å². The highest BCUT2D eigenvalue weighted by atomic mass is 79.9. The Kier molecular flexibility index (Phi) is 5.87. The Morgan fingerprint density at radius 2 is 1.88 bits per heavy atom. The highest BCUT2D eigenvalue weighted by molar-refractivity contribution is 9.10. The van der Waals surface area contributed by atoms with E-state index in [1.165, 1.54) is 12.1 Å². The minimum Gasteiger partial charge on any atom is -0.494 e. The van der Waals surface area contributed by atoms with Gasteiger partial charge in [-0.2, -0.15) is 0 Å². The van der Waals surface area contributed by atoms with Crippen molar-refractivity contribution in [2.24, 2.45) is 0 Å². The van der Waals surface area contributed by atoms with Gasteiger partial charge in [0.05, 0.1) is 12.6 Å². The van der Waals surface area contributed by atoms with Gasteiger partial charge in [-0.3, -0.25) is 4.90 Å². The van der Waals surface area contributed by atoms with E-state index in [1.807, 2.05) is 31.2 Å². The molecule has 1 aliphatic rings. The smallest absolute Gasteiger partial charge is 0.124 e. The van der Waals surface area contributed by atoms with Crippen LogP contribution in [0.5, 0.6) is 5.75 Å². The quantitative estimate of drug-likeness (QED) is 0.832. The summed E-state index contributed by atoms with van der Waals surface area (Å²) >= 11 is 3.58. The van der Waals surface area contributed by atoms with Crippen molar-refractivity contribution >= 4 is 15.9 Å². The van der Waals surface area contributed by atoms with Gasteiger partial charge in [-0.1, -0.05) is 28.1 Å². The predicted molar refractivity (Wildman–Crippen MR) is 98.0 cm³/mol. The monoisotopic (exact) mass is 392 g/mol. The van der Waals surface area contributed by atoms with Gasteiger partial charge in [-0.25, -0.2) is 4.39 Å². The second kappa shape index (κ2) is 8.10. The van der Waals surface area contributed by atoms with E-state index in [1.54, 1.807) is 0 Å². The van der Waals surface area contributed by atoms with E-state index >= 15 is 0 Å². The third-order valence-corrected chi connectivity index (χ3v) is 4.76. The fraction of sp³-hybridized carbons (Fsp3) is 0.368. The van der Waals surface area contributed by atoms with Crippen LogP contribution in [-0.4, -0.2) is 37.7 Å². The third kappa shape index (κ3) is 3.97. The molecule has 0 spiro atoms. The molecule has 1 unspecified atom stereocenters. The Balaban J connectivity index is 2.06. The van der Waals surface area contributed by atoms with Crippen molar-refractivity contribution in [3.63, 3.8) is 0 Å². The summed E-state index contributed by atoms with van der Waals surface area (Å²) in [5.41, 5.74) is 2.19. The molecular formula is C19H22BrFN2O. The molecule has 0 bridgehead atoms. The number of ether oxygens (including phenoxy) is 1. The largest absolute Gasteiger partial charge is 0.494 e. The molecule has 2 aromatic rings. The summed E-state index contributed by atoms with van der Waals surface area (Å²) in [4.78, 5) is 2.42. The van der Waals surface area contributed by atoms with Crippen molar-refractivity contribution in [3.8, 4) is 5.75 Å². The summed E-state index contributed by atoms with van der Waals surface area (Å²) in [6, 6.07) is 13.0. The van der Waals surface area contributed by atoms with Crippen molar-refractivity contribution in [2.75, 3.05) is 32.8 Å². The molecule has 1 saturated heterocycles. The van der Waals surface area contributed by atoms with Crippen LogP contribution < -0.4 is 10.1 Å². The van der Waals surface area contributed by atoms with E-state index in [0.29, 0.717) is 6.61 Å². The summed E-state index contributed by atoms with van der Waals surface area (Å²) < 4.78 is 20.3. The van der Waals surface area contributed by atoms with Crippen LogP contribution in [0.2, 0.25) is 0 Å². The average molecular weight is 393 g/mol. The second-order valence-corrected chi connectivity index (χ2v) is 6.77. The van der Waals surface area contributed by atoms with Crippen molar-refractivity contribution in [1.29, 1.82) is 0 Å². The molecule has 1 fully saturated rings. The molecule has 1 heterocycles. The van der Waals surface area contributed by atoms with Crippen LogP contribution in [0.4, 0.5) is 4.39 Å². The first-order valence-corrected chi connectivity index (χ1v) is 9.11. The molecule has 1 N–H and O–H groups in total. The van der Waals surface area contributed by atoms with Gasteiger partial charge in [0, 0.05) is 36.2 Å². The zero-order valence-electron chi connectivity index (χ0n) is 13.8. The number of nitrogens with zero attached hydrogens (tertiary/aromatic N) is 1. The summed E-state index contributed by atoms with van der Waals surface area (Å²) in [6.45, 7) is 6.40. The number of rotatable bonds is 5. The molecule has 3 nitrogen and oxygen atoms in total. The summed E-state index contributed by atoms with van der Waals surface area (Å²) in [6.07, 6.45) is 0. The minimum atomic E-state index is -0.211. The Morgan fingerprint density at radius 3 is 2.54 bits per heavy atom. The first-order chi connectivity index (χ1) is 11.7. The maximum atomic E-state index is 13.4. The lowest BCUT2D eigenvalue weighted by atomic mass is 9.95. The molecule has 5 heteroatoms. The molecular weight excluding hydrogens is 371 g/mol. The number of benzene rings is 2. The van der Waals surface area contributed by atoms with Gasteiger partial charge in [0.2, 0.25) is 0 Å². The van der Waals surface area contributed by atoms with Gasteiger partial charge in [0.25, 0.3) is 0 Å². The van der Waals surface area contributed by atoms with Crippen LogP contribution in [0, 0.1) is 5.82 Å². The first kappa shape index (κ1) is 17.4. The third-order valence-electron chi connectivity index (χ3n) is 4.27. The van der Waals surface area contributed by atoms with E-state index in [9.17, 15) is 4.39 Å². The van der Waals surface area contributed by atoms with Gasteiger partial charge in [0.15, 0.2) is 0 Å². The Labute approximate surface area is 150 Å². The lowest BCUT2D eigenvalue weighted by molar-refractivity contribution is 0.194. The van der Waals surface area contributed by atoms with Crippen molar-refractivity contribution in [3.05, 3.63) is 63.9 Å². The topological polar surface area (TPSA) is 24.5 Å². The second-order valence-electron chi connectivity index (χ2n) is 5.86. The summed E-state index contributed by atoms with van der Waals surface area (Å²) in [5, 5.41) is 3.39. The van der Waals surface area contributed by atoms with Crippen LogP contribution in [0.3, 0.4) is 0 Å². The highest BCUT2D eigenvalue weighted by Gasteiger charge is 2.26. The van der Waals surface area contributed by atoms with Crippen molar-refractivity contribution < 1.29 is 9.13 Å². The minimum absolute atomic E-state index is 0.0479. The molecule has 1 atom stereocenters. The van der Waals surface area contributed by atoms with Crippen LogP contribution in [-0.2, 0) is 0 Å². The van der Waals surface area contributed by atoms with E-state index < -0.39 is 0 Å². The van der Waals surface area contributed by atoms with Gasteiger partial charge in [-0.15, -0.1) is 0 Å². The highest BCUT2D eigenvalue weighted by Crippen LogP contribution is 2.36. The zero-order chi connectivity index (χ0) is 16.9. The number of hydrogen-bond acceptors (Lipinski definition) is 3. The number of halogens is 2. The van der Waals surface area contributed by atoms with E-state index in [4.69, 9.17) is 4.74 Å². The molecule has 0 aromatic heterocycles. The fourth-order valence-electron chi connectivity index (χ4n) is 3.19. The number of nitrogens with one attached hydrogen (secondary N) is 1.